The molecule has 0 unspecified atom stereocenters. The molecule has 1 aliphatic heterocycles. The van der Waals surface area contributed by atoms with Crippen molar-refractivity contribution in [2.24, 2.45) is 5.73 Å². The van der Waals surface area contributed by atoms with Gasteiger partial charge in [-0.15, -0.1) is 0 Å². The molecule has 1 aromatic carbocycles. The molecule has 1 amide bonds. The summed E-state index contributed by atoms with van der Waals surface area (Å²) in [5, 5.41) is 10.3. The Morgan fingerprint density at radius 2 is 2.05 bits per heavy atom. The van der Waals surface area contributed by atoms with Gasteiger partial charge in [-0.05, 0) is 37.5 Å². The highest BCUT2D eigenvalue weighted by Crippen LogP contribution is 2.29. The first-order valence-corrected chi connectivity index (χ1v) is 6.73. The molecule has 1 aromatic heterocycles. The number of nitrogens with one attached hydrogen (secondary N) is 1. The molecule has 0 atom stereocenters. The quantitative estimate of drug-likeness (QED) is 0.885. The minimum absolute atomic E-state index is 0.182. The summed E-state index contributed by atoms with van der Waals surface area (Å²) in [4.78, 5) is 13.7. The first-order valence-electron chi connectivity index (χ1n) is 6.73. The fourth-order valence-electron chi connectivity index (χ4n) is 2.68. The van der Waals surface area contributed by atoms with Crippen molar-refractivity contribution in [2.45, 2.75) is 19.8 Å². The van der Waals surface area contributed by atoms with Gasteiger partial charge in [0.15, 0.2) is 5.69 Å². The van der Waals surface area contributed by atoms with Crippen molar-refractivity contribution in [3.05, 3.63) is 29.5 Å². The maximum Gasteiger partial charge on any atom is 0.271 e. The summed E-state index contributed by atoms with van der Waals surface area (Å²) in [6, 6.07) is 6.17. The summed E-state index contributed by atoms with van der Waals surface area (Å²) >= 11 is 0. The van der Waals surface area contributed by atoms with Crippen molar-refractivity contribution in [3.8, 4) is 11.3 Å². The van der Waals surface area contributed by atoms with E-state index in [1.165, 1.54) is 18.5 Å². The van der Waals surface area contributed by atoms with Gasteiger partial charge in [0.2, 0.25) is 0 Å². The topological polar surface area (TPSA) is 87.9 Å². The first kappa shape index (κ1) is 12.7. The summed E-state index contributed by atoms with van der Waals surface area (Å²) in [5.74, 6) is -0.572. The molecule has 3 N–H and O–H groups in total. The number of hydrogen-bond acceptors (Lipinski definition) is 4. The number of anilines is 1. The summed E-state index contributed by atoms with van der Waals surface area (Å²) < 4.78 is 0. The zero-order valence-electron chi connectivity index (χ0n) is 11.4. The summed E-state index contributed by atoms with van der Waals surface area (Å²) in [6.45, 7) is 4.22. The van der Waals surface area contributed by atoms with E-state index < -0.39 is 5.91 Å². The molecule has 6 nitrogen and oxygen atoms in total. The number of aromatic amines is 1. The minimum Gasteiger partial charge on any atom is -0.372 e. The van der Waals surface area contributed by atoms with Crippen molar-refractivity contribution in [3.63, 3.8) is 0 Å². The second kappa shape index (κ2) is 4.96. The van der Waals surface area contributed by atoms with Crippen molar-refractivity contribution >= 4 is 11.6 Å². The molecular formula is C14H17N5O. The van der Waals surface area contributed by atoms with Gasteiger partial charge >= 0.3 is 0 Å². The smallest absolute Gasteiger partial charge is 0.271 e. The number of benzene rings is 1. The van der Waals surface area contributed by atoms with Crippen molar-refractivity contribution < 1.29 is 4.79 Å². The molecule has 6 heteroatoms. The summed E-state index contributed by atoms with van der Waals surface area (Å²) in [5.41, 5.74) is 9.17. The van der Waals surface area contributed by atoms with E-state index in [0.717, 1.165) is 24.2 Å². The van der Waals surface area contributed by atoms with Crippen LogP contribution in [0.15, 0.2) is 18.2 Å². The Hall–Kier alpha value is -2.37. The van der Waals surface area contributed by atoms with E-state index >= 15 is 0 Å². The average molecular weight is 271 g/mol. The SMILES string of the molecule is Cc1cc(N2CCCC2)ccc1-c1n[nH]nc1C(N)=O. The molecule has 3 rings (SSSR count). The number of rotatable bonds is 3. The highest BCUT2D eigenvalue weighted by atomic mass is 16.1. The monoisotopic (exact) mass is 271 g/mol. The van der Waals surface area contributed by atoms with Crippen LogP contribution in [0.1, 0.15) is 28.9 Å². The Kier molecular flexibility index (Phi) is 3.14. The number of aromatic nitrogens is 3. The lowest BCUT2D eigenvalue weighted by atomic mass is 10.0. The lowest BCUT2D eigenvalue weighted by Crippen LogP contribution is -2.17. The Morgan fingerprint density at radius 1 is 1.30 bits per heavy atom. The molecule has 0 saturated carbocycles. The van der Waals surface area contributed by atoms with Crippen LogP contribution in [-0.2, 0) is 0 Å². The second-order valence-electron chi connectivity index (χ2n) is 5.08. The predicted molar refractivity (Wildman–Crippen MR) is 76.5 cm³/mol. The van der Waals surface area contributed by atoms with E-state index in [2.05, 4.69) is 32.4 Å². The van der Waals surface area contributed by atoms with Crippen LogP contribution in [0.4, 0.5) is 5.69 Å². The van der Waals surface area contributed by atoms with Crippen LogP contribution in [0, 0.1) is 6.92 Å². The predicted octanol–water partition coefficient (Wildman–Crippen LogP) is 1.48. The number of nitrogens with two attached hydrogens (primary N) is 1. The zero-order chi connectivity index (χ0) is 14.1. The van der Waals surface area contributed by atoms with Gasteiger partial charge in [-0.1, -0.05) is 6.07 Å². The van der Waals surface area contributed by atoms with Crippen molar-refractivity contribution in [2.75, 3.05) is 18.0 Å². The van der Waals surface area contributed by atoms with Crippen LogP contribution in [0.5, 0.6) is 0 Å². The molecule has 0 bridgehead atoms. The third-order valence-corrected chi connectivity index (χ3v) is 3.72. The van der Waals surface area contributed by atoms with Gasteiger partial charge in [-0.3, -0.25) is 4.79 Å². The number of hydrogen-bond donors (Lipinski definition) is 2. The third-order valence-electron chi connectivity index (χ3n) is 3.72. The van der Waals surface area contributed by atoms with Crippen LogP contribution >= 0.6 is 0 Å². The van der Waals surface area contributed by atoms with Gasteiger partial charge in [0.05, 0.1) is 0 Å². The highest BCUT2D eigenvalue weighted by molar-refractivity contribution is 5.97. The van der Waals surface area contributed by atoms with Crippen molar-refractivity contribution in [1.29, 1.82) is 0 Å². The number of nitrogens with zero attached hydrogens (tertiary/aromatic N) is 3. The van der Waals surface area contributed by atoms with E-state index in [1.54, 1.807) is 0 Å². The van der Waals surface area contributed by atoms with Gasteiger partial charge in [-0.25, -0.2) is 0 Å². The maximum atomic E-state index is 11.3. The van der Waals surface area contributed by atoms with Gasteiger partial charge in [-0.2, -0.15) is 15.4 Å². The van der Waals surface area contributed by atoms with E-state index in [1.807, 2.05) is 13.0 Å². The molecule has 0 spiro atoms. The van der Waals surface area contributed by atoms with Crippen molar-refractivity contribution in [1.82, 2.24) is 15.4 Å². The molecule has 104 valence electrons. The average Bonchev–Trinajstić information content (AvgIpc) is 3.10. The first-order chi connectivity index (χ1) is 9.66. The largest absolute Gasteiger partial charge is 0.372 e. The standard InChI is InChI=1S/C14H17N5O/c1-9-8-10(19-6-2-3-7-19)4-5-11(9)12-13(14(15)20)17-18-16-12/h4-5,8H,2-3,6-7H2,1H3,(H2,15,20)(H,16,17,18). The number of carbonyl (C=O) groups excluding carboxylic acids is 1. The van der Waals surface area contributed by atoms with Gasteiger partial charge in [0.25, 0.3) is 5.91 Å². The van der Waals surface area contributed by atoms with Gasteiger partial charge < -0.3 is 10.6 Å². The fraction of sp³-hybridized carbons (Fsp3) is 0.357. The van der Waals surface area contributed by atoms with E-state index in [-0.39, 0.29) is 5.69 Å². The molecule has 2 heterocycles. The second-order valence-corrected chi connectivity index (χ2v) is 5.08. The van der Waals surface area contributed by atoms with Gasteiger partial charge in [0, 0.05) is 24.3 Å². The van der Waals surface area contributed by atoms with Crippen LogP contribution in [-0.4, -0.2) is 34.4 Å². The number of H-pyrrole nitrogens is 1. The Balaban J connectivity index is 1.98. The Morgan fingerprint density at radius 3 is 2.70 bits per heavy atom. The third kappa shape index (κ3) is 2.13. The maximum absolute atomic E-state index is 11.3. The molecule has 0 aliphatic carbocycles. The molecule has 1 fully saturated rings. The molecule has 1 aliphatic rings. The minimum atomic E-state index is -0.572. The summed E-state index contributed by atoms with van der Waals surface area (Å²) in [7, 11) is 0. The van der Waals surface area contributed by atoms with Crippen LogP contribution in [0.2, 0.25) is 0 Å². The highest BCUT2D eigenvalue weighted by Gasteiger charge is 2.18. The number of aryl methyl sites for hydroxylation is 1. The lowest BCUT2D eigenvalue weighted by molar-refractivity contribution is 0.0996. The van der Waals surface area contributed by atoms with Crippen LogP contribution < -0.4 is 10.6 Å². The van der Waals surface area contributed by atoms with E-state index in [0.29, 0.717) is 5.69 Å². The normalized spacial score (nSPS) is 14.8. The molecular weight excluding hydrogens is 254 g/mol. The number of amides is 1. The molecule has 20 heavy (non-hydrogen) atoms. The molecule has 2 aromatic rings. The summed E-state index contributed by atoms with van der Waals surface area (Å²) in [6.07, 6.45) is 2.49. The lowest BCUT2D eigenvalue weighted by Gasteiger charge is -2.18. The fourth-order valence-corrected chi connectivity index (χ4v) is 2.68. The van der Waals surface area contributed by atoms with E-state index in [4.69, 9.17) is 5.73 Å². The number of carbonyl (C=O) groups is 1. The molecule has 0 radical (unpaired) electrons. The van der Waals surface area contributed by atoms with Crippen LogP contribution in [0.25, 0.3) is 11.3 Å². The zero-order valence-corrected chi connectivity index (χ0v) is 11.4. The van der Waals surface area contributed by atoms with Gasteiger partial charge in [0.1, 0.15) is 5.69 Å². The molecule has 1 saturated heterocycles. The Bertz CT molecular complexity index is 643. The van der Waals surface area contributed by atoms with Crippen LogP contribution in [0.3, 0.4) is 0 Å². The van der Waals surface area contributed by atoms with E-state index in [9.17, 15) is 4.79 Å². The Labute approximate surface area is 117 Å². The number of primary amides is 1.